The lowest BCUT2D eigenvalue weighted by Crippen LogP contribution is -2.04. The summed E-state index contributed by atoms with van der Waals surface area (Å²) in [5, 5.41) is 13.8. The molecule has 0 fully saturated rings. The van der Waals surface area contributed by atoms with Crippen LogP contribution in [0.15, 0.2) is 4.90 Å². The van der Waals surface area contributed by atoms with Crippen molar-refractivity contribution in [1.29, 1.82) is 5.26 Å². The summed E-state index contributed by atoms with van der Waals surface area (Å²) < 4.78 is 4.93. The first-order chi connectivity index (χ1) is 8.51. The Labute approximate surface area is 113 Å². The van der Waals surface area contributed by atoms with Crippen LogP contribution in [0.2, 0.25) is 0 Å². The number of thioether (sulfide) groups is 1. The van der Waals surface area contributed by atoms with Crippen LogP contribution < -0.4 is 5.32 Å². The fourth-order valence-corrected chi connectivity index (χ4v) is 3.15. The van der Waals surface area contributed by atoms with E-state index in [9.17, 15) is 9.59 Å². The zero-order valence-corrected chi connectivity index (χ0v) is 11.8. The number of hydrogen-bond acceptors (Lipinski definition) is 6. The number of nitrogens with one attached hydrogen (secondary N) is 1. The Morgan fingerprint density at radius 3 is 2.72 bits per heavy atom. The summed E-state index contributed by atoms with van der Waals surface area (Å²) in [6.07, 6.45) is 0. The molecule has 0 saturated carbocycles. The van der Waals surface area contributed by atoms with Crippen molar-refractivity contribution in [3.63, 3.8) is 0 Å². The van der Waals surface area contributed by atoms with Crippen LogP contribution in [-0.4, -0.2) is 18.5 Å². The monoisotopic (exact) mass is 284 g/mol. The van der Waals surface area contributed by atoms with Gasteiger partial charge in [-0.1, -0.05) is 0 Å². The molecule has 5 nitrogen and oxygen atoms in total. The van der Waals surface area contributed by atoms with E-state index in [0.29, 0.717) is 20.3 Å². The molecule has 18 heavy (non-hydrogen) atoms. The van der Waals surface area contributed by atoms with Crippen LogP contribution in [0.4, 0.5) is 5.00 Å². The highest BCUT2D eigenvalue weighted by molar-refractivity contribution is 8.04. The number of carbonyl (C=O) groups excluding carboxylic acids is 2. The fraction of sp³-hybridized carbons (Fsp3) is 0.364. The van der Waals surface area contributed by atoms with E-state index in [4.69, 9.17) is 10.00 Å². The number of ether oxygens (including phenoxy) is 1. The van der Waals surface area contributed by atoms with Gasteiger partial charge in [-0.3, -0.25) is 4.79 Å². The van der Waals surface area contributed by atoms with Crippen molar-refractivity contribution in [3.05, 3.63) is 10.4 Å². The van der Waals surface area contributed by atoms with Crippen LogP contribution in [0, 0.1) is 17.6 Å². The minimum atomic E-state index is -0.434. The van der Waals surface area contributed by atoms with Gasteiger partial charge in [-0.15, -0.1) is 11.3 Å². The van der Waals surface area contributed by atoms with Gasteiger partial charge in [-0.25, -0.2) is 4.79 Å². The highest BCUT2D eigenvalue weighted by atomic mass is 32.2. The predicted molar refractivity (Wildman–Crippen MR) is 70.8 cm³/mol. The van der Waals surface area contributed by atoms with Crippen molar-refractivity contribution < 1.29 is 14.3 Å². The minimum absolute atomic E-state index is 0.244. The molecule has 0 aliphatic carbocycles. The number of anilines is 1. The number of thiophene rings is 1. The second kappa shape index (κ2) is 6.42. The SMILES string of the molecule is CCOC(=O)c1sc(NC(C)=O)c(SC#N)c1C. The van der Waals surface area contributed by atoms with E-state index in [2.05, 4.69) is 5.32 Å². The van der Waals surface area contributed by atoms with Crippen molar-refractivity contribution in [3.8, 4) is 5.40 Å². The Balaban J connectivity index is 3.18. The molecule has 0 aromatic carbocycles. The van der Waals surface area contributed by atoms with Crippen molar-refractivity contribution in [2.45, 2.75) is 25.7 Å². The maximum Gasteiger partial charge on any atom is 0.348 e. The van der Waals surface area contributed by atoms with E-state index < -0.39 is 5.97 Å². The largest absolute Gasteiger partial charge is 0.462 e. The summed E-state index contributed by atoms with van der Waals surface area (Å²) in [6.45, 7) is 5.11. The molecule has 0 spiro atoms. The summed E-state index contributed by atoms with van der Waals surface area (Å²) in [6, 6.07) is 0. The first kappa shape index (κ1) is 14.5. The lowest BCUT2D eigenvalue weighted by Gasteiger charge is -2.00. The maximum absolute atomic E-state index is 11.7. The number of hydrogen-bond donors (Lipinski definition) is 1. The molecule has 0 radical (unpaired) electrons. The lowest BCUT2D eigenvalue weighted by molar-refractivity contribution is -0.114. The van der Waals surface area contributed by atoms with Crippen LogP contribution in [0.5, 0.6) is 0 Å². The molecule has 0 saturated heterocycles. The standard InChI is InChI=1S/C11H12N2O3S2/c1-4-16-11(15)9-6(2)8(17-5-12)10(18-9)13-7(3)14/h4H2,1-3H3,(H,13,14). The summed E-state index contributed by atoms with van der Waals surface area (Å²) in [7, 11) is 0. The third kappa shape index (κ3) is 3.24. The number of esters is 1. The fourth-order valence-electron chi connectivity index (χ4n) is 1.30. The van der Waals surface area contributed by atoms with Gasteiger partial charge in [-0.05, 0) is 31.2 Å². The van der Waals surface area contributed by atoms with Crippen molar-refractivity contribution in [1.82, 2.24) is 0 Å². The quantitative estimate of drug-likeness (QED) is 0.522. The van der Waals surface area contributed by atoms with Gasteiger partial charge in [-0.2, -0.15) is 5.26 Å². The average molecular weight is 284 g/mol. The zero-order chi connectivity index (χ0) is 13.7. The number of nitrogens with zero attached hydrogens (tertiary/aromatic N) is 1. The van der Waals surface area contributed by atoms with Crippen LogP contribution in [0.25, 0.3) is 0 Å². The number of nitriles is 1. The highest BCUT2D eigenvalue weighted by Gasteiger charge is 2.22. The van der Waals surface area contributed by atoms with Crippen LogP contribution in [-0.2, 0) is 9.53 Å². The van der Waals surface area contributed by atoms with Crippen molar-refractivity contribution in [2.24, 2.45) is 0 Å². The van der Waals surface area contributed by atoms with Crippen molar-refractivity contribution >= 4 is 40.0 Å². The molecule has 1 aromatic heterocycles. The van der Waals surface area contributed by atoms with E-state index >= 15 is 0 Å². The molecule has 0 unspecified atom stereocenters. The summed E-state index contributed by atoms with van der Waals surface area (Å²) >= 11 is 2.04. The molecular formula is C11H12N2O3S2. The molecule has 0 aliphatic rings. The molecule has 0 atom stereocenters. The van der Waals surface area contributed by atoms with Gasteiger partial charge in [0, 0.05) is 6.92 Å². The van der Waals surface area contributed by atoms with E-state index in [1.807, 2.05) is 5.40 Å². The van der Waals surface area contributed by atoms with Gasteiger partial charge in [0.05, 0.1) is 11.5 Å². The van der Waals surface area contributed by atoms with Crippen LogP contribution in [0.1, 0.15) is 29.1 Å². The van der Waals surface area contributed by atoms with E-state index in [-0.39, 0.29) is 12.5 Å². The van der Waals surface area contributed by atoms with Crippen molar-refractivity contribution in [2.75, 3.05) is 11.9 Å². The minimum Gasteiger partial charge on any atom is -0.462 e. The molecule has 1 aromatic rings. The molecule has 0 aliphatic heterocycles. The van der Waals surface area contributed by atoms with E-state index in [1.54, 1.807) is 13.8 Å². The highest BCUT2D eigenvalue weighted by Crippen LogP contribution is 2.40. The first-order valence-electron chi connectivity index (χ1n) is 5.15. The van der Waals surface area contributed by atoms with Gasteiger partial charge in [0.2, 0.25) is 5.91 Å². The number of rotatable bonds is 4. The molecular weight excluding hydrogens is 272 g/mol. The summed E-state index contributed by atoms with van der Waals surface area (Å²) in [4.78, 5) is 23.8. The Kier molecular flexibility index (Phi) is 5.19. The van der Waals surface area contributed by atoms with Gasteiger partial charge in [0.1, 0.15) is 15.3 Å². The Morgan fingerprint density at radius 1 is 1.56 bits per heavy atom. The Hall–Kier alpha value is -1.52. The van der Waals surface area contributed by atoms with Crippen LogP contribution >= 0.6 is 23.1 Å². The normalized spacial score (nSPS) is 9.67. The van der Waals surface area contributed by atoms with E-state index in [1.165, 1.54) is 6.92 Å². The Bertz CT molecular complexity index is 517. The topological polar surface area (TPSA) is 79.2 Å². The zero-order valence-electron chi connectivity index (χ0n) is 10.2. The summed E-state index contributed by atoms with van der Waals surface area (Å²) in [5.41, 5.74) is 0.661. The molecule has 96 valence electrons. The smallest absolute Gasteiger partial charge is 0.348 e. The van der Waals surface area contributed by atoms with Gasteiger partial charge in [0.15, 0.2) is 0 Å². The molecule has 0 bridgehead atoms. The van der Waals surface area contributed by atoms with Gasteiger partial charge >= 0.3 is 5.97 Å². The molecule has 7 heteroatoms. The lowest BCUT2D eigenvalue weighted by atomic mass is 10.3. The first-order valence-corrected chi connectivity index (χ1v) is 6.78. The number of thiocyanates is 1. The molecule has 1 heterocycles. The average Bonchev–Trinajstić information content (AvgIpc) is 2.58. The number of carbonyl (C=O) groups is 2. The van der Waals surface area contributed by atoms with Gasteiger partial charge < -0.3 is 10.1 Å². The third-order valence-electron chi connectivity index (χ3n) is 1.99. The Morgan fingerprint density at radius 2 is 2.22 bits per heavy atom. The molecule has 1 rings (SSSR count). The van der Waals surface area contributed by atoms with E-state index in [0.717, 1.165) is 23.1 Å². The summed E-state index contributed by atoms with van der Waals surface area (Å²) in [5.74, 6) is -0.678. The molecule has 1 amide bonds. The molecule has 1 N–H and O–H groups in total. The van der Waals surface area contributed by atoms with Crippen LogP contribution in [0.3, 0.4) is 0 Å². The third-order valence-corrected chi connectivity index (χ3v) is 4.11. The van der Waals surface area contributed by atoms with Gasteiger partial charge in [0.25, 0.3) is 0 Å². The second-order valence-corrected chi connectivity index (χ2v) is 5.13. The number of amides is 1. The predicted octanol–water partition coefficient (Wildman–Crippen LogP) is 2.76. The maximum atomic E-state index is 11.7. The second-order valence-electron chi connectivity index (χ2n) is 3.31.